The topological polar surface area (TPSA) is 123 Å². The monoisotopic (exact) mass is 461 g/mol. The Labute approximate surface area is 195 Å². The first kappa shape index (κ1) is 21.6. The van der Waals surface area contributed by atoms with Gasteiger partial charge in [0.05, 0.1) is 23.5 Å². The lowest BCUT2D eigenvalue weighted by molar-refractivity contribution is -0.151. The lowest BCUT2D eigenvalue weighted by Gasteiger charge is -2.45. The molecule has 3 aromatic heterocycles. The number of rotatable bonds is 4. The summed E-state index contributed by atoms with van der Waals surface area (Å²) in [5.41, 5.74) is 0.972. The number of anilines is 1. The highest BCUT2D eigenvalue weighted by Gasteiger charge is 2.56. The molecule has 1 spiro atoms. The first-order valence-electron chi connectivity index (χ1n) is 10.8. The number of pyridine rings is 2. The standard InChI is InChI=1S/C23H23N7O4/c1-15(31)29-13-23(14-29)6-8-30(21(23)32)22(33)27-20-4-3-18(11-25-20)34-17-5-7-24-19(9-17)16-10-26-28(2)12-16/h3-5,7,9-12H,6,8,13-14H2,1-2H3,(H,25,27,33). The number of nitrogens with one attached hydrogen (secondary N) is 1. The van der Waals surface area contributed by atoms with Crippen LogP contribution in [-0.4, -0.2) is 67.0 Å². The summed E-state index contributed by atoms with van der Waals surface area (Å²) in [4.78, 5) is 48.2. The van der Waals surface area contributed by atoms with Gasteiger partial charge >= 0.3 is 6.03 Å². The van der Waals surface area contributed by atoms with Crippen molar-refractivity contribution in [3.8, 4) is 22.8 Å². The lowest BCUT2D eigenvalue weighted by atomic mass is 9.78. The second-order valence-corrected chi connectivity index (χ2v) is 8.55. The molecule has 11 nitrogen and oxygen atoms in total. The number of likely N-dealkylation sites (tertiary alicyclic amines) is 2. The third kappa shape index (κ3) is 3.96. The molecular formula is C23H23N7O4. The van der Waals surface area contributed by atoms with E-state index >= 15 is 0 Å². The molecule has 5 rings (SSSR count). The van der Waals surface area contributed by atoms with Crippen molar-refractivity contribution in [3.63, 3.8) is 0 Å². The Bertz CT molecular complexity index is 1260. The van der Waals surface area contributed by atoms with Crippen LogP contribution in [0.15, 0.2) is 49.1 Å². The van der Waals surface area contributed by atoms with Gasteiger partial charge in [0.15, 0.2) is 0 Å². The van der Waals surface area contributed by atoms with E-state index in [-0.39, 0.29) is 11.8 Å². The summed E-state index contributed by atoms with van der Waals surface area (Å²) < 4.78 is 7.56. The van der Waals surface area contributed by atoms with E-state index in [0.29, 0.717) is 43.4 Å². The van der Waals surface area contributed by atoms with Crippen LogP contribution >= 0.6 is 0 Å². The van der Waals surface area contributed by atoms with Gasteiger partial charge in [-0.25, -0.2) is 9.78 Å². The molecule has 11 heteroatoms. The molecule has 2 aliphatic heterocycles. The highest BCUT2D eigenvalue weighted by molar-refractivity contribution is 6.05. The molecule has 2 aliphatic rings. The Morgan fingerprint density at radius 3 is 2.62 bits per heavy atom. The predicted octanol–water partition coefficient (Wildman–Crippen LogP) is 2.28. The molecule has 0 radical (unpaired) electrons. The molecule has 0 bridgehead atoms. The van der Waals surface area contributed by atoms with Crippen LogP contribution in [0, 0.1) is 5.41 Å². The van der Waals surface area contributed by atoms with Crippen molar-refractivity contribution < 1.29 is 19.1 Å². The van der Waals surface area contributed by atoms with E-state index in [1.165, 1.54) is 18.0 Å². The van der Waals surface area contributed by atoms with Gasteiger partial charge in [-0.3, -0.25) is 29.5 Å². The van der Waals surface area contributed by atoms with Gasteiger partial charge < -0.3 is 9.64 Å². The number of aryl methyl sites for hydroxylation is 1. The van der Waals surface area contributed by atoms with Gasteiger partial charge in [-0.05, 0) is 24.6 Å². The van der Waals surface area contributed by atoms with E-state index in [1.807, 2.05) is 13.2 Å². The molecule has 1 N–H and O–H groups in total. The van der Waals surface area contributed by atoms with Crippen molar-refractivity contribution in [1.29, 1.82) is 0 Å². The number of carbonyl (C=O) groups is 3. The molecular weight excluding hydrogens is 438 g/mol. The van der Waals surface area contributed by atoms with E-state index in [1.54, 1.807) is 46.2 Å². The van der Waals surface area contributed by atoms with Gasteiger partial charge in [0, 0.05) is 57.6 Å². The van der Waals surface area contributed by atoms with Crippen LogP contribution in [0.1, 0.15) is 13.3 Å². The Kier molecular flexibility index (Phi) is 5.23. The zero-order chi connectivity index (χ0) is 23.9. The van der Waals surface area contributed by atoms with Crippen molar-refractivity contribution >= 4 is 23.7 Å². The Hall–Kier alpha value is -4.28. The molecule has 2 saturated heterocycles. The summed E-state index contributed by atoms with van der Waals surface area (Å²) in [7, 11) is 1.84. The maximum Gasteiger partial charge on any atom is 0.329 e. The van der Waals surface area contributed by atoms with Crippen molar-refractivity contribution in [2.24, 2.45) is 12.5 Å². The van der Waals surface area contributed by atoms with Crippen molar-refractivity contribution in [3.05, 3.63) is 49.1 Å². The average Bonchev–Trinajstić information content (AvgIpc) is 3.37. The fourth-order valence-corrected chi connectivity index (χ4v) is 4.23. The predicted molar refractivity (Wildman–Crippen MR) is 121 cm³/mol. The number of carbonyl (C=O) groups excluding carboxylic acids is 3. The second kappa shape index (κ2) is 8.25. The number of amides is 4. The first-order valence-corrected chi connectivity index (χ1v) is 10.8. The number of nitrogens with zero attached hydrogens (tertiary/aromatic N) is 6. The van der Waals surface area contributed by atoms with Crippen molar-refractivity contribution in [2.75, 3.05) is 25.0 Å². The summed E-state index contributed by atoms with van der Waals surface area (Å²) in [6.07, 6.45) is 7.28. The third-order valence-corrected chi connectivity index (χ3v) is 6.13. The summed E-state index contributed by atoms with van der Waals surface area (Å²) in [6.45, 7) is 2.53. The van der Waals surface area contributed by atoms with E-state index in [2.05, 4.69) is 20.4 Å². The van der Waals surface area contributed by atoms with Crippen molar-refractivity contribution in [2.45, 2.75) is 13.3 Å². The summed E-state index contributed by atoms with van der Waals surface area (Å²) >= 11 is 0. The molecule has 3 aromatic rings. The fourth-order valence-electron chi connectivity index (χ4n) is 4.23. The lowest BCUT2D eigenvalue weighted by Crippen LogP contribution is -2.61. The Morgan fingerprint density at radius 1 is 1.12 bits per heavy atom. The van der Waals surface area contributed by atoms with Crippen LogP contribution in [0.25, 0.3) is 11.3 Å². The molecule has 5 heterocycles. The smallest absolute Gasteiger partial charge is 0.329 e. The maximum absolute atomic E-state index is 12.8. The minimum Gasteiger partial charge on any atom is -0.456 e. The summed E-state index contributed by atoms with van der Waals surface area (Å²) in [5, 5.41) is 6.81. The number of imide groups is 1. The number of urea groups is 1. The highest BCUT2D eigenvalue weighted by atomic mass is 16.5. The molecule has 0 unspecified atom stereocenters. The van der Waals surface area contributed by atoms with Gasteiger partial charge in [-0.2, -0.15) is 5.10 Å². The van der Waals surface area contributed by atoms with Gasteiger partial charge in [0.25, 0.3) is 0 Å². The normalized spacial score (nSPS) is 16.5. The summed E-state index contributed by atoms with van der Waals surface area (Å²) in [5.74, 6) is 1.06. The van der Waals surface area contributed by atoms with Crippen LogP contribution in [-0.2, 0) is 16.6 Å². The van der Waals surface area contributed by atoms with E-state index in [9.17, 15) is 14.4 Å². The van der Waals surface area contributed by atoms with Crippen LogP contribution < -0.4 is 10.1 Å². The molecule has 34 heavy (non-hydrogen) atoms. The van der Waals surface area contributed by atoms with Crippen LogP contribution in [0.4, 0.5) is 10.6 Å². The number of aromatic nitrogens is 4. The summed E-state index contributed by atoms with van der Waals surface area (Å²) in [6, 6.07) is 6.29. The number of hydrogen-bond donors (Lipinski definition) is 1. The molecule has 0 atom stereocenters. The molecule has 174 valence electrons. The van der Waals surface area contributed by atoms with Crippen LogP contribution in [0.5, 0.6) is 11.5 Å². The van der Waals surface area contributed by atoms with Gasteiger partial charge in [-0.15, -0.1) is 0 Å². The fraction of sp³-hybridized carbons (Fsp3) is 0.304. The Balaban J connectivity index is 1.20. The second-order valence-electron chi connectivity index (χ2n) is 8.55. The Morgan fingerprint density at radius 2 is 1.94 bits per heavy atom. The molecule has 0 aliphatic carbocycles. The zero-order valence-corrected chi connectivity index (χ0v) is 18.8. The van der Waals surface area contributed by atoms with Gasteiger partial charge in [0.2, 0.25) is 11.8 Å². The average molecular weight is 461 g/mol. The number of hydrogen-bond acceptors (Lipinski definition) is 7. The number of ether oxygens (including phenoxy) is 1. The van der Waals surface area contributed by atoms with E-state index < -0.39 is 11.4 Å². The van der Waals surface area contributed by atoms with Crippen LogP contribution in [0.3, 0.4) is 0 Å². The zero-order valence-electron chi connectivity index (χ0n) is 18.8. The quantitative estimate of drug-likeness (QED) is 0.632. The van der Waals surface area contributed by atoms with Crippen molar-refractivity contribution in [1.82, 2.24) is 29.5 Å². The molecule has 0 saturated carbocycles. The minimum absolute atomic E-state index is 0.0621. The highest BCUT2D eigenvalue weighted by Crippen LogP contribution is 2.40. The van der Waals surface area contributed by atoms with Gasteiger partial charge in [-0.1, -0.05) is 0 Å². The molecule has 4 amide bonds. The molecule has 2 fully saturated rings. The first-order chi connectivity index (χ1) is 16.3. The SMILES string of the molecule is CC(=O)N1CC2(CCN(C(=O)Nc3ccc(Oc4ccnc(-c5cnn(C)c5)c4)cn3)C2=O)C1. The maximum atomic E-state index is 12.8. The minimum atomic E-state index is -0.632. The van der Waals surface area contributed by atoms with Gasteiger partial charge in [0.1, 0.15) is 17.3 Å². The largest absolute Gasteiger partial charge is 0.456 e. The molecule has 0 aromatic carbocycles. The van der Waals surface area contributed by atoms with E-state index in [0.717, 1.165) is 11.3 Å². The van der Waals surface area contributed by atoms with Crippen LogP contribution in [0.2, 0.25) is 0 Å². The third-order valence-electron chi connectivity index (χ3n) is 6.13. The van der Waals surface area contributed by atoms with E-state index in [4.69, 9.17) is 4.74 Å².